The van der Waals surface area contributed by atoms with Gasteiger partial charge in [0.1, 0.15) is 17.2 Å². The van der Waals surface area contributed by atoms with Crippen LogP contribution in [0.5, 0.6) is 17.2 Å². The molecule has 9 heteroatoms. The molecule has 166 valence electrons. The highest BCUT2D eigenvalue weighted by atomic mass is 32.2. The molecule has 0 aliphatic carbocycles. The van der Waals surface area contributed by atoms with E-state index in [2.05, 4.69) is 0 Å². The van der Waals surface area contributed by atoms with E-state index < -0.39 is 10.0 Å². The van der Waals surface area contributed by atoms with Crippen molar-refractivity contribution >= 4 is 21.5 Å². The highest BCUT2D eigenvalue weighted by Crippen LogP contribution is 2.41. The van der Waals surface area contributed by atoms with E-state index in [1.807, 2.05) is 23.1 Å². The second-order valence-corrected chi connectivity index (χ2v) is 9.59. The number of hydrogen-bond donors (Lipinski definition) is 0. The van der Waals surface area contributed by atoms with E-state index in [1.54, 1.807) is 21.3 Å². The average Bonchev–Trinajstić information content (AvgIpc) is 2.77. The monoisotopic (exact) mass is 438 g/mol. The van der Waals surface area contributed by atoms with Gasteiger partial charge < -0.3 is 19.1 Å². The molecule has 30 heavy (non-hydrogen) atoms. The molecule has 2 aliphatic rings. The van der Waals surface area contributed by atoms with E-state index in [0.717, 1.165) is 11.1 Å². The zero-order valence-corrected chi connectivity index (χ0v) is 18.8. The molecular formula is C21H30N2O6S. The Bertz CT molecular complexity index is 894. The third-order valence-electron chi connectivity index (χ3n) is 5.83. The first-order valence-electron chi connectivity index (χ1n) is 10.0. The quantitative estimate of drug-likeness (QED) is 0.675. The predicted molar refractivity (Wildman–Crippen MR) is 114 cm³/mol. The average molecular weight is 439 g/mol. The maximum absolute atomic E-state index is 12.9. The first-order chi connectivity index (χ1) is 14.3. The number of amides is 1. The molecule has 3 rings (SSSR count). The summed E-state index contributed by atoms with van der Waals surface area (Å²) in [6.45, 7) is 1.93. The summed E-state index contributed by atoms with van der Waals surface area (Å²) in [5, 5.41) is 0. The minimum atomic E-state index is -3.19. The summed E-state index contributed by atoms with van der Waals surface area (Å²) in [4.78, 5) is 14.8. The highest BCUT2D eigenvalue weighted by Gasteiger charge is 2.32. The Morgan fingerprint density at radius 3 is 2.03 bits per heavy atom. The summed E-state index contributed by atoms with van der Waals surface area (Å²) in [5.74, 6) is 1.98. The molecule has 2 aliphatic heterocycles. The van der Waals surface area contributed by atoms with E-state index in [4.69, 9.17) is 14.2 Å². The van der Waals surface area contributed by atoms with Gasteiger partial charge in [-0.25, -0.2) is 12.7 Å². The van der Waals surface area contributed by atoms with Crippen LogP contribution in [-0.2, 0) is 14.8 Å². The summed E-state index contributed by atoms with van der Waals surface area (Å²) < 4.78 is 41.2. The molecule has 0 spiro atoms. The number of methoxy groups -OCH3 is 3. The van der Waals surface area contributed by atoms with Crippen molar-refractivity contribution < 1.29 is 27.4 Å². The van der Waals surface area contributed by atoms with Crippen molar-refractivity contribution in [1.29, 1.82) is 0 Å². The van der Waals surface area contributed by atoms with Crippen LogP contribution in [0, 0.1) is 5.92 Å². The minimum Gasteiger partial charge on any atom is -0.496 e. The molecule has 0 atom stereocenters. The standard InChI is InChI=1S/C21H30N2O6S/c1-27-17-13-18(28-2)20(19(14-17)29-3)15-5-9-22(10-6-15)21(24)16-7-11-23(12-8-16)30(4,25)26/h5,13-14,16H,6-12H2,1-4H3. The van der Waals surface area contributed by atoms with Crippen LogP contribution in [0.4, 0.5) is 0 Å². The first kappa shape index (κ1) is 22.4. The normalized spacial score (nSPS) is 18.7. The Kier molecular flexibility index (Phi) is 6.92. The number of piperidine rings is 1. The van der Waals surface area contributed by atoms with Crippen LogP contribution in [0.1, 0.15) is 24.8 Å². The largest absolute Gasteiger partial charge is 0.496 e. The number of carbonyl (C=O) groups is 1. The lowest BCUT2D eigenvalue weighted by Gasteiger charge is -2.34. The Labute approximate surface area is 178 Å². The second kappa shape index (κ2) is 9.26. The SMILES string of the molecule is COc1cc(OC)c(C2=CCN(C(=O)C3CCN(S(C)(=O)=O)CC3)CC2)c(OC)c1. The molecule has 0 N–H and O–H groups in total. The highest BCUT2D eigenvalue weighted by molar-refractivity contribution is 7.88. The number of nitrogens with zero attached hydrogens (tertiary/aromatic N) is 2. The number of hydrogen-bond acceptors (Lipinski definition) is 6. The third-order valence-corrected chi connectivity index (χ3v) is 7.13. The fraction of sp³-hybridized carbons (Fsp3) is 0.571. The lowest BCUT2D eigenvalue weighted by molar-refractivity contribution is -0.136. The van der Waals surface area contributed by atoms with Crippen LogP contribution in [0.15, 0.2) is 18.2 Å². The number of benzene rings is 1. The molecule has 1 fully saturated rings. The van der Waals surface area contributed by atoms with Gasteiger partial charge in [-0.05, 0) is 24.8 Å². The van der Waals surface area contributed by atoms with Crippen LogP contribution < -0.4 is 14.2 Å². The summed E-state index contributed by atoms with van der Waals surface area (Å²) in [6, 6.07) is 3.65. The van der Waals surface area contributed by atoms with Gasteiger partial charge in [-0.2, -0.15) is 0 Å². The van der Waals surface area contributed by atoms with Gasteiger partial charge in [-0.15, -0.1) is 0 Å². The molecule has 0 radical (unpaired) electrons. The van der Waals surface area contributed by atoms with Crippen molar-refractivity contribution in [3.8, 4) is 17.2 Å². The molecular weight excluding hydrogens is 408 g/mol. The van der Waals surface area contributed by atoms with E-state index in [0.29, 0.717) is 62.7 Å². The molecule has 1 saturated heterocycles. The Morgan fingerprint density at radius 1 is 1.00 bits per heavy atom. The van der Waals surface area contributed by atoms with E-state index in [9.17, 15) is 13.2 Å². The van der Waals surface area contributed by atoms with Crippen LogP contribution in [-0.4, -0.2) is 77.3 Å². The molecule has 0 bridgehead atoms. The van der Waals surface area contributed by atoms with Crippen LogP contribution in [0.2, 0.25) is 0 Å². The smallest absolute Gasteiger partial charge is 0.226 e. The molecule has 1 amide bonds. The summed E-state index contributed by atoms with van der Waals surface area (Å²) in [7, 11) is 1.63. The minimum absolute atomic E-state index is 0.104. The summed E-state index contributed by atoms with van der Waals surface area (Å²) >= 11 is 0. The number of rotatable bonds is 6. The molecule has 2 heterocycles. The van der Waals surface area contributed by atoms with Crippen molar-refractivity contribution in [2.24, 2.45) is 5.92 Å². The van der Waals surface area contributed by atoms with Gasteiger partial charge in [0.05, 0.1) is 33.1 Å². The lowest BCUT2D eigenvalue weighted by Crippen LogP contribution is -2.45. The number of ether oxygens (including phenoxy) is 3. The topological polar surface area (TPSA) is 85.4 Å². The number of sulfonamides is 1. The van der Waals surface area contributed by atoms with E-state index >= 15 is 0 Å². The van der Waals surface area contributed by atoms with Crippen LogP contribution in [0.3, 0.4) is 0 Å². The fourth-order valence-corrected chi connectivity index (χ4v) is 4.99. The number of carbonyl (C=O) groups excluding carboxylic acids is 1. The second-order valence-electron chi connectivity index (χ2n) is 7.61. The van der Waals surface area contributed by atoms with Crippen LogP contribution in [0.25, 0.3) is 5.57 Å². The van der Waals surface area contributed by atoms with Crippen molar-refractivity contribution in [2.75, 3.05) is 53.8 Å². The lowest BCUT2D eigenvalue weighted by atomic mass is 9.93. The fourth-order valence-electron chi connectivity index (χ4n) is 4.11. The molecule has 0 aromatic heterocycles. The summed E-state index contributed by atoms with van der Waals surface area (Å²) in [5.41, 5.74) is 1.96. The third kappa shape index (κ3) is 4.73. The molecule has 8 nitrogen and oxygen atoms in total. The Balaban J connectivity index is 1.71. The van der Waals surface area contributed by atoms with Crippen molar-refractivity contribution in [1.82, 2.24) is 9.21 Å². The molecule has 1 aromatic carbocycles. The Hall–Kier alpha value is -2.26. The van der Waals surface area contributed by atoms with Gasteiger partial charge in [-0.3, -0.25) is 4.79 Å². The summed E-state index contributed by atoms with van der Waals surface area (Å²) in [6.07, 6.45) is 5.08. The van der Waals surface area contributed by atoms with Gasteiger partial charge in [-0.1, -0.05) is 6.08 Å². The van der Waals surface area contributed by atoms with Crippen molar-refractivity contribution in [2.45, 2.75) is 19.3 Å². The predicted octanol–water partition coefficient (Wildman–Crippen LogP) is 2.00. The van der Waals surface area contributed by atoms with Crippen LogP contribution >= 0.6 is 0 Å². The van der Waals surface area contributed by atoms with E-state index in [-0.39, 0.29) is 11.8 Å². The zero-order chi connectivity index (χ0) is 21.9. The maximum atomic E-state index is 12.9. The molecule has 0 unspecified atom stereocenters. The van der Waals surface area contributed by atoms with Gasteiger partial charge in [0.25, 0.3) is 0 Å². The molecule has 0 saturated carbocycles. The van der Waals surface area contributed by atoms with Gasteiger partial charge >= 0.3 is 0 Å². The van der Waals surface area contributed by atoms with Crippen molar-refractivity contribution in [3.05, 3.63) is 23.8 Å². The Morgan fingerprint density at radius 2 is 1.60 bits per heavy atom. The maximum Gasteiger partial charge on any atom is 0.226 e. The zero-order valence-electron chi connectivity index (χ0n) is 18.0. The van der Waals surface area contributed by atoms with Gasteiger partial charge in [0.2, 0.25) is 15.9 Å². The van der Waals surface area contributed by atoms with Gasteiger partial charge in [0.15, 0.2) is 0 Å². The van der Waals surface area contributed by atoms with Gasteiger partial charge in [0, 0.05) is 44.2 Å². The molecule has 1 aromatic rings. The first-order valence-corrected chi connectivity index (χ1v) is 11.9. The van der Waals surface area contributed by atoms with Crippen molar-refractivity contribution in [3.63, 3.8) is 0 Å². The van der Waals surface area contributed by atoms with E-state index in [1.165, 1.54) is 10.6 Å².